The Morgan fingerprint density at radius 3 is 0.845 bits per heavy atom. The number of unbranched alkanes of at least 4 members (excludes halogenated alkanes) is 34. The maximum absolute atomic E-state index is 12.8. The molecule has 0 rings (SSSR count). The monoisotopic (exact) mass is 821 g/mol. The summed E-state index contributed by atoms with van der Waals surface area (Å²) in [5.41, 5.74) is 0. The Balaban J connectivity index is 4.25. The molecule has 0 spiro atoms. The Morgan fingerprint density at radius 2 is 0.569 bits per heavy atom. The minimum absolute atomic E-state index is 0.0629. The molecule has 0 fully saturated rings. The van der Waals surface area contributed by atoms with E-state index in [0.717, 1.165) is 63.7 Å². The molecule has 0 amide bonds. The van der Waals surface area contributed by atoms with Crippen molar-refractivity contribution in [1.82, 2.24) is 0 Å². The minimum atomic E-state index is -0.760. The average molecular weight is 821 g/mol. The molecule has 0 aromatic heterocycles. The molecular weight excluding hydrogens is 721 g/mol. The van der Waals surface area contributed by atoms with Crippen LogP contribution in [0.15, 0.2) is 0 Å². The first kappa shape index (κ1) is 56.4. The summed E-state index contributed by atoms with van der Waals surface area (Å²) in [5.74, 6) is -0.0226. The van der Waals surface area contributed by atoms with Crippen LogP contribution in [0.4, 0.5) is 0 Å². The zero-order valence-electron chi connectivity index (χ0n) is 39.5. The normalized spacial score (nSPS) is 11.9. The molecule has 0 heterocycles. The number of carbonyl (C=O) groups is 3. The fourth-order valence-electron chi connectivity index (χ4n) is 7.86. The lowest BCUT2D eigenvalue weighted by molar-refractivity contribution is -0.167. The fraction of sp³-hybridized carbons (Fsp3) is 0.942. The van der Waals surface area contributed by atoms with Crippen LogP contribution in [-0.2, 0) is 28.6 Å². The zero-order chi connectivity index (χ0) is 42.4. The van der Waals surface area contributed by atoms with E-state index in [1.54, 1.807) is 0 Å². The van der Waals surface area contributed by atoms with Crippen LogP contribution in [0.5, 0.6) is 0 Å². The predicted octanol–water partition coefficient (Wildman–Crippen LogP) is 16.7. The second kappa shape index (κ2) is 46.5. The molecule has 0 N–H and O–H groups in total. The van der Waals surface area contributed by atoms with Gasteiger partial charge in [-0.25, -0.2) is 0 Å². The Labute approximate surface area is 361 Å². The maximum atomic E-state index is 12.8. The molecular formula is C52H100O6. The third kappa shape index (κ3) is 45.5. The Bertz CT molecular complexity index is 872. The Kier molecular flexibility index (Phi) is 45.2. The molecule has 0 aromatic rings. The summed E-state index contributed by atoms with van der Waals surface area (Å²) in [5, 5.41) is 0. The van der Waals surface area contributed by atoms with Gasteiger partial charge in [0.1, 0.15) is 13.2 Å². The smallest absolute Gasteiger partial charge is 0.306 e. The Hall–Kier alpha value is -1.59. The molecule has 58 heavy (non-hydrogen) atoms. The highest BCUT2D eigenvalue weighted by Gasteiger charge is 2.19. The van der Waals surface area contributed by atoms with Crippen LogP contribution >= 0.6 is 0 Å². The van der Waals surface area contributed by atoms with E-state index in [1.165, 1.54) is 186 Å². The van der Waals surface area contributed by atoms with Crippen molar-refractivity contribution in [3.8, 4) is 0 Å². The van der Waals surface area contributed by atoms with Crippen LogP contribution < -0.4 is 0 Å². The van der Waals surface area contributed by atoms with Crippen LogP contribution in [0.3, 0.4) is 0 Å². The molecule has 6 heteroatoms. The quantitative estimate of drug-likeness (QED) is 0.0346. The number of ether oxygens (including phenoxy) is 3. The summed E-state index contributed by atoms with van der Waals surface area (Å²) in [4.78, 5) is 37.9. The minimum Gasteiger partial charge on any atom is -0.462 e. The molecule has 0 aliphatic carbocycles. The van der Waals surface area contributed by atoms with Crippen LogP contribution in [0, 0.1) is 5.92 Å². The van der Waals surface area contributed by atoms with Gasteiger partial charge in [-0.1, -0.05) is 252 Å². The number of carbonyl (C=O) groups excluding carboxylic acids is 3. The second-order valence-corrected chi connectivity index (χ2v) is 18.3. The van der Waals surface area contributed by atoms with Gasteiger partial charge >= 0.3 is 17.9 Å². The van der Waals surface area contributed by atoms with Gasteiger partial charge < -0.3 is 14.2 Å². The lowest BCUT2D eigenvalue weighted by Crippen LogP contribution is -2.30. The van der Waals surface area contributed by atoms with E-state index in [2.05, 4.69) is 27.7 Å². The van der Waals surface area contributed by atoms with Gasteiger partial charge in [0.2, 0.25) is 0 Å². The number of rotatable bonds is 47. The largest absolute Gasteiger partial charge is 0.462 e. The summed E-state index contributed by atoms with van der Waals surface area (Å²) in [6.45, 7) is 9.01. The lowest BCUT2D eigenvalue weighted by atomic mass is 10.0. The summed E-state index contributed by atoms with van der Waals surface area (Å²) in [7, 11) is 0. The molecule has 344 valence electrons. The van der Waals surface area contributed by atoms with Crippen LogP contribution in [0.2, 0.25) is 0 Å². The molecule has 0 aliphatic rings. The van der Waals surface area contributed by atoms with E-state index in [9.17, 15) is 14.4 Å². The van der Waals surface area contributed by atoms with Crippen molar-refractivity contribution < 1.29 is 28.6 Å². The van der Waals surface area contributed by atoms with Crippen LogP contribution in [0.25, 0.3) is 0 Å². The highest BCUT2D eigenvalue weighted by atomic mass is 16.6. The van der Waals surface area contributed by atoms with Gasteiger partial charge in [0, 0.05) is 19.3 Å². The molecule has 0 unspecified atom stereocenters. The molecule has 0 saturated carbocycles. The SMILES string of the molecule is CCCCCCCCCCCCCCCCCCCC(=O)OC[C@@H](COC(=O)CCCCCCCCCCC)OC(=O)CCCCCCCCCCCCCC(C)C. The molecule has 0 radical (unpaired) electrons. The van der Waals surface area contributed by atoms with E-state index in [1.807, 2.05) is 0 Å². The first-order chi connectivity index (χ1) is 28.4. The average Bonchev–Trinajstić information content (AvgIpc) is 3.21. The standard InChI is InChI=1S/C52H100O6/c1-5-7-9-11-13-15-16-17-18-19-20-21-24-28-32-36-40-44-51(54)57-47-49(46-56-50(53)43-39-35-31-26-14-12-10-8-6-2)58-52(55)45-41-37-33-29-25-22-23-27-30-34-38-42-48(3)4/h48-49H,5-47H2,1-4H3/t49-/m1/s1. The molecule has 0 aromatic carbocycles. The molecule has 6 nitrogen and oxygen atoms in total. The van der Waals surface area contributed by atoms with Gasteiger partial charge in [-0.05, 0) is 25.2 Å². The first-order valence-corrected chi connectivity index (χ1v) is 25.9. The van der Waals surface area contributed by atoms with Gasteiger partial charge in [-0.3, -0.25) is 14.4 Å². The first-order valence-electron chi connectivity index (χ1n) is 25.9. The van der Waals surface area contributed by atoms with Crippen molar-refractivity contribution >= 4 is 17.9 Å². The third-order valence-electron chi connectivity index (χ3n) is 11.8. The third-order valence-corrected chi connectivity index (χ3v) is 11.8. The zero-order valence-corrected chi connectivity index (χ0v) is 39.5. The summed E-state index contributed by atoms with van der Waals surface area (Å²) in [6.07, 6.45) is 48.1. The molecule has 0 bridgehead atoms. The number of esters is 3. The van der Waals surface area contributed by atoms with Gasteiger partial charge in [0.15, 0.2) is 6.10 Å². The van der Waals surface area contributed by atoms with Gasteiger partial charge in [-0.15, -0.1) is 0 Å². The van der Waals surface area contributed by atoms with Crippen LogP contribution in [-0.4, -0.2) is 37.2 Å². The van der Waals surface area contributed by atoms with Crippen molar-refractivity contribution in [2.45, 2.75) is 297 Å². The summed E-state index contributed by atoms with van der Waals surface area (Å²) in [6, 6.07) is 0. The van der Waals surface area contributed by atoms with Gasteiger partial charge in [0.25, 0.3) is 0 Å². The van der Waals surface area contributed by atoms with Gasteiger partial charge in [-0.2, -0.15) is 0 Å². The van der Waals surface area contributed by atoms with Crippen molar-refractivity contribution in [2.75, 3.05) is 13.2 Å². The van der Waals surface area contributed by atoms with E-state index in [4.69, 9.17) is 14.2 Å². The highest BCUT2D eigenvalue weighted by Crippen LogP contribution is 2.17. The molecule has 0 saturated heterocycles. The van der Waals surface area contributed by atoms with E-state index < -0.39 is 6.10 Å². The summed E-state index contributed by atoms with van der Waals surface area (Å²) >= 11 is 0. The van der Waals surface area contributed by atoms with E-state index >= 15 is 0 Å². The molecule has 1 atom stereocenters. The predicted molar refractivity (Wildman–Crippen MR) is 247 cm³/mol. The highest BCUT2D eigenvalue weighted by molar-refractivity contribution is 5.71. The van der Waals surface area contributed by atoms with Crippen molar-refractivity contribution in [3.63, 3.8) is 0 Å². The van der Waals surface area contributed by atoms with Crippen molar-refractivity contribution in [2.24, 2.45) is 5.92 Å². The maximum Gasteiger partial charge on any atom is 0.306 e. The van der Waals surface area contributed by atoms with Crippen molar-refractivity contribution in [3.05, 3.63) is 0 Å². The summed E-state index contributed by atoms with van der Waals surface area (Å²) < 4.78 is 16.8. The number of hydrogen-bond acceptors (Lipinski definition) is 6. The van der Waals surface area contributed by atoms with E-state index in [0.29, 0.717) is 19.3 Å². The second-order valence-electron chi connectivity index (χ2n) is 18.3. The van der Waals surface area contributed by atoms with Crippen molar-refractivity contribution in [1.29, 1.82) is 0 Å². The van der Waals surface area contributed by atoms with Crippen LogP contribution in [0.1, 0.15) is 291 Å². The van der Waals surface area contributed by atoms with Gasteiger partial charge in [0.05, 0.1) is 0 Å². The topological polar surface area (TPSA) is 78.9 Å². The fourth-order valence-corrected chi connectivity index (χ4v) is 7.86. The lowest BCUT2D eigenvalue weighted by Gasteiger charge is -2.18. The molecule has 0 aliphatic heterocycles. The Morgan fingerprint density at radius 1 is 0.328 bits per heavy atom. The van der Waals surface area contributed by atoms with E-state index in [-0.39, 0.29) is 31.1 Å². The number of hydrogen-bond donors (Lipinski definition) is 0.